The van der Waals surface area contributed by atoms with Crippen LogP contribution in [-0.4, -0.2) is 91.9 Å². The molecule has 0 bridgehead atoms. The Morgan fingerprint density at radius 3 is 2.05 bits per heavy atom. The summed E-state index contributed by atoms with van der Waals surface area (Å²) in [5, 5.41) is 20.6. The predicted molar refractivity (Wildman–Crippen MR) is 139 cm³/mol. The summed E-state index contributed by atoms with van der Waals surface area (Å²) >= 11 is 0. The van der Waals surface area contributed by atoms with Gasteiger partial charge in [-0.2, -0.15) is 0 Å². The van der Waals surface area contributed by atoms with Crippen molar-refractivity contribution >= 4 is 29.7 Å². The third-order valence-corrected chi connectivity index (χ3v) is 6.16. The molecule has 0 aliphatic carbocycles. The number of aliphatic imine (C=N–C) groups is 1. The van der Waals surface area contributed by atoms with Gasteiger partial charge in [-0.1, -0.05) is 0 Å². The van der Waals surface area contributed by atoms with Crippen molar-refractivity contribution in [1.82, 2.24) is 41.2 Å². The summed E-state index contributed by atoms with van der Waals surface area (Å²) in [4.78, 5) is 68.7. The number of carboxylic acid groups (broad SMARTS) is 1. The minimum absolute atomic E-state index is 0.00676. The molecule has 1 aliphatic rings. The number of rotatable bonds is 15. The molecule has 16 heteroatoms. The summed E-state index contributed by atoms with van der Waals surface area (Å²) in [5.41, 5.74) is 11.7. The number of aromatic amines is 2. The molecule has 3 heterocycles. The fourth-order valence-corrected chi connectivity index (χ4v) is 4.14. The Morgan fingerprint density at radius 1 is 0.974 bits per heavy atom. The molecule has 1 saturated heterocycles. The molecule has 0 aromatic carbocycles. The standard InChI is InChI=1S/C23H35N11O5/c24-23(25)29-6-2-4-16(22(38)39)32-20(36)17(7-13-9-26-11-30-13)34-21(37)18(8-14-10-27-12-31-14)33-19(35)15-3-1-5-28-15/h9-12,15-18,28H,1-8H2,(H,26,30)(H,27,31)(H,32,36)(H,33,35)(H,34,37)(H,38,39)(H4,24,25,29). The highest BCUT2D eigenvalue weighted by molar-refractivity contribution is 5.94. The Labute approximate surface area is 224 Å². The number of carboxylic acids is 1. The van der Waals surface area contributed by atoms with E-state index in [1.807, 2.05) is 0 Å². The Balaban J connectivity index is 1.72. The van der Waals surface area contributed by atoms with E-state index in [1.165, 1.54) is 25.0 Å². The number of nitrogens with two attached hydrogens (primary N) is 2. The molecule has 4 unspecified atom stereocenters. The molecule has 1 fully saturated rings. The molecular weight excluding hydrogens is 510 g/mol. The van der Waals surface area contributed by atoms with Gasteiger partial charge in [0.15, 0.2) is 5.96 Å². The zero-order valence-corrected chi connectivity index (χ0v) is 21.4. The van der Waals surface area contributed by atoms with E-state index in [1.54, 1.807) is 0 Å². The van der Waals surface area contributed by atoms with Gasteiger partial charge in [-0.15, -0.1) is 0 Å². The summed E-state index contributed by atoms with van der Waals surface area (Å²) in [6.07, 6.45) is 7.88. The first-order valence-corrected chi connectivity index (χ1v) is 12.6. The van der Waals surface area contributed by atoms with E-state index >= 15 is 0 Å². The first kappa shape index (κ1) is 29.1. The number of amides is 3. The molecule has 0 spiro atoms. The van der Waals surface area contributed by atoms with E-state index in [4.69, 9.17) is 11.5 Å². The Kier molecular flexibility index (Phi) is 10.8. The van der Waals surface area contributed by atoms with Crippen LogP contribution in [0.5, 0.6) is 0 Å². The van der Waals surface area contributed by atoms with Crippen LogP contribution in [0.25, 0.3) is 0 Å². The lowest BCUT2D eigenvalue weighted by Crippen LogP contribution is -2.58. The maximum absolute atomic E-state index is 13.4. The van der Waals surface area contributed by atoms with E-state index in [0.717, 1.165) is 6.42 Å². The fraction of sp³-hybridized carbons (Fsp3) is 0.522. The van der Waals surface area contributed by atoms with Crippen LogP contribution < -0.4 is 32.7 Å². The largest absolute Gasteiger partial charge is 0.480 e. The van der Waals surface area contributed by atoms with E-state index in [-0.39, 0.29) is 37.7 Å². The SMILES string of the molecule is NC(N)=NCCCC(NC(=O)C(Cc1cnc[nH]1)NC(=O)C(Cc1cnc[nH]1)NC(=O)C1CCCN1)C(=O)O. The van der Waals surface area contributed by atoms with E-state index in [2.05, 4.69) is 46.2 Å². The maximum Gasteiger partial charge on any atom is 0.326 e. The van der Waals surface area contributed by atoms with Crippen LogP contribution >= 0.6 is 0 Å². The number of hydrogen-bond acceptors (Lipinski definition) is 8. The fourth-order valence-electron chi connectivity index (χ4n) is 4.14. The average Bonchev–Trinajstić information content (AvgIpc) is 3.68. The molecule has 11 N–H and O–H groups in total. The van der Waals surface area contributed by atoms with E-state index in [9.17, 15) is 24.3 Å². The number of carbonyl (C=O) groups excluding carboxylic acids is 3. The molecule has 4 atom stereocenters. The van der Waals surface area contributed by atoms with Crippen LogP contribution in [0, 0.1) is 0 Å². The molecule has 16 nitrogen and oxygen atoms in total. The second kappa shape index (κ2) is 14.5. The van der Waals surface area contributed by atoms with Gasteiger partial charge in [0, 0.05) is 43.2 Å². The molecule has 0 radical (unpaired) electrons. The Bertz CT molecular complexity index is 1110. The van der Waals surface area contributed by atoms with Crippen molar-refractivity contribution in [2.24, 2.45) is 16.5 Å². The van der Waals surface area contributed by atoms with Gasteiger partial charge in [0.1, 0.15) is 18.1 Å². The summed E-state index contributed by atoms with van der Waals surface area (Å²) < 4.78 is 0. The van der Waals surface area contributed by atoms with Gasteiger partial charge in [-0.05, 0) is 32.2 Å². The van der Waals surface area contributed by atoms with Crippen molar-refractivity contribution in [3.8, 4) is 0 Å². The highest BCUT2D eigenvalue weighted by atomic mass is 16.4. The molecule has 39 heavy (non-hydrogen) atoms. The average molecular weight is 546 g/mol. The highest BCUT2D eigenvalue weighted by Gasteiger charge is 2.32. The van der Waals surface area contributed by atoms with Crippen LogP contribution in [0.15, 0.2) is 30.0 Å². The van der Waals surface area contributed by atoms with Gasteiger partial charge in [0.05, 0.1) is 18.7 Å². The topological polar surface area (TPSA) is 258 Å². The number of hydrogen-bond donors (Lipinski definition) is 9. The highest BCUT2D eigenvalue weighted by Crippen LogP contribution is 2.08. The van der Waals surface area contributed by atoms with Crippen LogP contribution in [0.4, 0.5) is 0 Å². The van der Waals surface area contributed by atoms with Gasteiger partial charge in [-0.25, -0.2) is 14.8 Å². The molecule has 3 amide bonds. The third kappa shape index (κ3) is 9.41. The van der Waals surface area contributed by atoms with Crippen LogP contribution in [-0.2, 0) is 32.0 Å². The van der Waals surface area contributed by atoms with Crippen LogP contribution in [0.1, 0.15) is 37.1 Å². The quantitative estimate of drug-likeness (QED) is 0.0633. The van der Waals surface area contributed by atoms with Crippen molar-refractivity contribution in [1.29, 1.82) is 0 Å². The summed E-state index contributed by atoms with van der Waals surface area (Å²) in [5.74, 6) is -3.01. The summed E-state index contributed by atoms with van der Waals surface area (Å²) in [7, 11) is 0. The number of nitrogens with one attached hydrogen (secondary N) is 6. The Hall–Kier alpha value is -4.47. The van der Waals surface area contributed by atoms with Crippen molar-refractivity contribution in [3.05, 3.63) is 36.4 Å². The summed E-state index contributed by atoms with van der Waals surface area (Å²) in [6.45, 7) is 0.903. The third-order valence-electron chi connectivity index (χ3n) is 6.16. The Morgan fingerprint density at radius 2 is 1.56 bits per heavy atom. The van der Waals surface area contributed by atoms with E-state index < -0.39 is 42.0 Å². The van der Waals surface area contributed by atoms with Gasteiger partial charge < -0.3 is 47.8 Å². The number of nitrogens with zero attached hydrogens (tertiary/aromatic N) is 3. The molecular formula is C23H35N11O5. The lowest BCUT2D eigenvalue weighted by Gasteiger charge is -2.25. The summed E-state index contributed by atoms with van der Waals surface area (Å²) in [6, 6.07) is -3.83. The molecule has 1 aliphatic heterocycles. The lowest BCUT2D eigenvalue weighted by molar-refractivity contribution is -0.142. The number of carbonyl (C=O) groups is 4. The first-order valence-electron chi connectivity index (χ1n) is 12.6. The lowest BCUT2D eigenvalue weighted by atomic mass is 10.1. The van der Waals surface area contributed by atoms with Crippen LogP contribution in [0.2, 0.25) is 0 Å². The van der Waals surface area contributed by atoms with Gasteiger partial charge in [0.25, 0.3) is 0 Å². The van der Waals surface area contributed by atoms with Crippen molar-refractivity contribution in [3.63, 3.8) is 0 Å². The minimum atomic E-state index is -1.24. The number of imidazole rings is 2. The van der Waals surface area contributed by atoms with E-state index in [0.29, 0.717) is 30.8 Å². The molecule has 2 aromatic rings. The second-order valence-corrected chi connectivity index (χ2v) is 9.18. The predicted octanol–water partition coefficient (Wildman–Crippen LogP) is -2.74. The van der Waals surface area contributed by atoms with Gasteiger partial charge in [0.2, 0.25) is 17.7 Å². The van der Waals surface area contributed by atoms with Crippen LogP contribution in [0.3, 0.4) is 0 Å². The molecule has 2 aromatic heterocycles. The number of aromatic nitrogens is 4. The van der Waals surface area contributed by atoms with Gasteiger partial charge >= 0.3 is 5.97 Å². The van der Waals surface area contributed by atoms with Gasteiger partial charge in [-0.3, -0.25) is 19.4 Å². The normalized spacial score (nSPS) is 17.0. The van der Waals surface area contributed by atoms with Crippen molar-refractivity contribution < 1.29 is 24.3 Å². The molecule has 0 saturated carbocycles. The maximum atomic E-state index is 13.4. The number of H-pyrrole nitrogens is 2. The number of guanidine groups is 1. The zero-order valence-electron chi connectivity index (χ0n) is 21.4. The monoisotopic (exact) mass is 545 g/mol. The zero-order chi connectivity index (χ0) is 28.2. The van der Waals surface area contributed by atoms with Crippen molar-refractivity contribution in [2.75, 3.05) is 13.1 Å². The molecule has 3 rings (SSSR count). The van der Waals surface area contributed by atoms with Crippen molar-refractivity contribution in [2.45, 2.75) is 62.7 Å². The minimum Gasteiger partial charge on any atom is -0.480 e. The first-order chi connectivity index (χ1) is 18.7. The second-order valence-electron chi connectivity index (χ2n) is 9.18. The number of aliphatic carboxylic acids is 1. The smallest absolute Gasteiger partial charge is 0.326 e. The molecule has 212 valence electrons.